The lowest BCUT2D eigenvalue weighted by molar-refractivity contribution is -0.137. The molecule has 0 atom stereocenters. The first-order valence-electron chi connectivity index (χ1n) is 11.0. The standard InChI is InChI=1S/C24H33N3O3/c1-3-13-25-16-11-21(12-17-25)24(29)27-15-4-14-26(18-19-27)23(28)10-7-20-5-8-22(30-2)9-6-20/h1,5-6,8-9,21H,4,7,10-19H2,2H3. The van der Waals surface area contributed by atoms with Gasteiger partial charge in [0.2, 0.25) is 11.8 Å². The summed E-state index contributed by atoms with van der Waals surface area (Å²) in [5.41, 5.74) is 1.13. The fourth-order valence-corrected chi connectivity index (χ4v) is 4.31. The van der Waals surface area contributed by atoms with Gasteiger partial charge >= 0.3 is 0 Å². The van der Waals surface area contributed by atoms with Crippen LogP contribution in [0.1, 0.15) is 31.2 Å². The summed E-state index contributed by atoms with van der Waals surface area (Å²) in [5.74, 6) is 4.02. The number of nitrogens with zero attached hydrogens (tertiary/aromatic N) is 3. The Kier molecular flexibility index (Phi) is 8.15. The third-order valence-corrected chi connectivity index (χ3v) is 6.20. The summed E-state index contributed by atoms with van der Waals surface area (Å²) in [7, 11) is 1.65. The van der Waals surface area contributed by atoms with Gasteiger partial charge in [0, 0.05) is 38.5 Å². The zero-order valence-electron chi connectivity index (χ0n) is 18.0. The molecule has 0 N–H and O–H groups in total. The molecule has 6 nitrogen and oxygen atoms in total. The molecule has 1 aromatic carbocycles. The van der Waals surface area contributed by atoms with Crippen molar-refractivity contribution in [3.63, 3.8) is 0 Å². The molecule has 6 heteroatoms. The molecule has 162 valence electrons. The molecule has 0 spiro atoms. The molecule has 2 fully saturated rings. The van der Waals surface area contributed by atoms with Crippen LogP contribution in [0.3, 0.4) is 0 Å². The van der Waals surface area contributed by atoms with Crippen molar-refractivity contribution in [2.24, 2.45) is 5.92 Å². The first kappa shape index (κ1) is 22.2. The van der Waals surface area contributed by atoms with E-state index in [1.807, 2.05) is 34.1 Å². The van der Waals surface area contributed by atoms with E-state index in [0.717, 1.165) is 63.2 Å². The van der Waals surface area contributed by atoms with Crippen LogP contribution in [0.5, 0.6) is 5.75 Å². The number of benzene rings is 1. The third-order valence-electron chi connectivity index (χ3n) is 6.20. The van der Waals surface area contributed by atoms with Crippen molar-refractivity contribution < 1.29 is 14.3 Å². The van der Waals surface area contributed by atoms with Crippen molar-refractivity contribution >= 4 is 11.8 Å². The number of aryl methyl sites for hydroxylation is 1. The lowest BCUT2D eigenvalue weighted by Gasteiger charge is -2.33. The summed E-state index contributed by atoms with van der Waals surface area (Å²) in [5, 5.41) is 0. The van der Waals surface area contributed by atoms with Gasteiger partial charge in [0.05, 0.1) is 13.7 Å². The fraction of sp³-hybridized carbons (Fsp3) is 0.583. The number of hydrogen-bond acceptors (Lipinski definition) is 4. The van der Waals surface area contributed by atoms with E-state index < -0.39 is 0 Å². The summed E-state index contributed by atoms with van der Waals surface area (Å²) >= 11 is 0. The molecule has 0 aromatic heterocycles. The van der Waals surface area contributed by atoms with Crippen LogP contribution in [0.15, 0.2) is 24.3 Å². The van der Waals surface area contributed by atoms with Gasteiger partial charge in [-0.25, -0.2) is 0 Å². The van der Waals surface area contributed by atoms with Crippen molar-refractivity contribution in [2.45, 2.75) is 32.1 Å². The summed E-state index contributed by atoms with van der Waals surface area (Å²) in [6.07, 6.45) is 9.20. The van der Waals surface area contributed by atoms with Gasteiger partial charge in [-0.15, -0.1) is 6.42 Å². The zero-order chi connectivity index (χ0) is 21.3. The molecule has 0 bridgehead atoms. The Morgan fingerprint density at radius 1 is 1.03 bits per heavy atom. The van der Waals surface area contributed by atoms with E-state index in [0.29, 0.717) is 26.1 Å². The highest BCUT2D eigenvalue weighted by atomic mass is 16.5. The molecule has 0 unspecified atom stereocenters. The molecule has 2 saturated heterocycles. The van der Waals surface area contributed by atoms with Crippen molar-refractivity contribution in [1.82, 2.24) is 14.7 Å². The van der Waals surface area contributed by atoms with Gasteiger partial charge in [-0.2, -0.15) is 0 Å². The number of carbonyl (C=O) groups excluding carboxylic acids is 2. The second-order valence-electron chi connectivity index (χ2n) is 8.16. The van der Waals surface area contributed by atoms with Gasteiger partial charge in [-0.3, -0.25) is 14.5 Å². The monoisotopic (exact) mass is 411 g/mol. The van der Waals surface area contributed by atoms with Crippen LogP contribution in [0, 0.1) is 18.3 Å². The molecule has 3 rings (SSSR count). The van der Waals surface area contributed by atoms with Crippen LogP contribution in [0.25, 0.3) is 0 Å². The number of terminal acetylenes is 1. The summed E-state index contributed by atoms with van der Waals surface area (Å²) in [6.45, 7) is 5.19. The maximum absolute atomic E-state index is 13.0. The number of amides is 2. The van der Waals surface area contributed by atoms with Crippen molar-refractivity contribution in [1.29, 1.82) is 0 Å². The normalized spacial score (nSPS) is 18.5. The number of likely N-dealkylation sites (tertiary alicyclic amines) is 1. The highest BCUT2D eigenvalue weighted by Crippen LogP contribution is 2.21. The van der Waals surface area contributed by atoms with Crippen LogP contribution in [-0.2, 0) is 16.0 Å². The third kappa shape index (κ3) is 5.99. The van der Waals surface area contributed by atoms with Crippen molar-refractivity contribution in [3.05, 3.63) is 29.8 Å². The number of hydrogen-bond donors (Lipinski definition) is 0. The predicted octanol–water partition coefficient (Wildman–Crippen LogP) is 2.03. The number of methoxy groups -OCH3 is 1. The lowest BCUT2D eigenvalue weighted by Crippen LogP contribution is -2.44. The number of carbonyl (C=O) groups is 2. The molecule has 30 heavy (non-hydrogen) atoms. The average Bonchev–Trinajstić information content (AvgIpc) is 3.04. The van der Waals surface area contributed by atoms with Crippen LogP contribution in [0.2, 0.25) is 0 Å². The van der Waals surface area contributed by atoms with E-state index in [9.17, 15) is 9.59 Å². The largest absolute Gasteiger partial charge is 0.497 e. The first-order chi connectivity index (χ1) is 14.6. The molecule has 2 amide bonds. The molecule has 0 saturated carbocycles. The van der Waals surface area contributed by atoms with E-state index in [1.165, 1.54) is 0 Å². The second kappa shape index (κ2) is 11.0. The SMILES string of the molecule is C#CCN1CCC(C(=O)N2CCCN(C(=O)CCc3ccc(OC)cc3)CC2)CC1. The van der Waals surface area contributed by atoms with E-state index in [1.54, 1.807) is 7.11 Å². The molecule has 2 aliphatic rings. The Balaban J connectivity index is 1.44. The van der Waals surface area contributed by atoms with Gasteiger partial charge in [0.25, 0.3) is 0 Å². The van der Waals surface area contributed by atoms with E-state index in [4.69, 9.17) is 11.2 Å². The fourth-order valence-electron chi connectivity index (χ4n) is 4.31. The molecule has 1 aromatic rings. The van der Waals surface area contributed by atoms with Crippen LogP contribution >= 0.6 is 0 Å². The quantitative estimate of drug-likeness (QED) is 0.673. The van der Waals surface area contributed by atoms with Gasteiger partial charge in [0.1, 0.15) is 5.75 Å². The maximum atomic E-state index is 13.0. The minimum Gasteiger partial charge on any atom is -0.497 e. The molecule has 0 radical (unpaired) electrons. The van der Waals surface area contributed by atoms with E-state index in [2.05, 4.69) is 10.8 Å². The Morgan fingerprint density at radius 3 is 2.37 bits per heavy atom. The van der Waals surface area contributed by atoms with Crippen LogP contribution in [0.4, 0.5) is 0 Å². The maximum Gasteiger partial charge on any atom is 0.225 e. The minimum atomic E-state index is 0.0938. The second-order valence-corrected chi connectivity index (χ2v) is 8.16. The van der Waals surface area contributed by atoms with Crippen LogP contribution < -0.4 is 4.74 Å². The zero-order valence-corrected chi connectivity index (χ0v) is 18.0. The lowest BCUT2D eigenvalue weighted by atomic mass is 9.95. The molecule has 0 aliphatic carbocycles. The smallest absolute Gasteiger partial charge is 0.225 e. The summed E-state index contributed by atoms with van der Waals surface area (Å²) in [4.78, 5) is 31.8. The molecular formula is C24H33N3O3. The molecule has 2 heterocycles. The first-order valence-corrected chi connectivity index (χ1v) is 11.0. The molecule has 2 aliphatic heterocycles. The Hall–Kier alpha value is -2.52. The van der Waals surface area contributed by atoms with Crippen LogP contribution in [-0.4, -0.2) is 79.4 Å². The summed E-state index contributed by atoms with van der Waals surface area (Å²) in [6, 6.07) is 7.85. The highest BCUT2D eigenvalue weighted by Gasteiger charge is 2.30. The number of ether oxygens (including phenoxy) is 1. The Labute approximate surface area is 180 Å². The van der Waals surface area contributed by atoms with Crippen molar-refractivity contribution in [3.8, 4) is 18.1 Å². The number of rotatable bonds is 6. The highest BCUT2D eigenvalue weighted by molar-refractivity contribution is 5.79. The van der Waals surface area contributed by atoms with Gasteiger partial charge in [0.15, 0.2) is 0 Å². The van der Waals surface area contributed by atoms with E-state index in [-0.39, 0.29) is 17.7 Å². The predicted molar refractivity (Wildman–Crippen MR) is 117 cm³/mol. The summed E-state index contributed by atoms with van der Waals surface area (Å²) < 4.78 is 5.18. The number of piperidine rings is 1. The van der Waals surface area contributed by atoms with Gasteiger partial charge in [-0.1, -0.05) is 18.1 Å². The Bertz CT molecular complexity index is 748. The Morgan fingerprint density at radius 2 is 1.70 bits per heavy atom. The van der Waals surface area contributed by atoms with Gasteiger partial charge in [-0.05, 0) is 56.5 Å². The molecular weight excluding hydrogens is 378 g/mol. The minimum absolute atomic E-state index is 0.0938. The topological polar surface area (TPSA) is 53.1 Å². The van der Waals surface area contributed by atoms with Gasteiger partial charge < -0.3 is 14.5 Å². The van der Waals surface area contributed by atoms with E-state index >= 15 is 0 Å². The average molecular weight is 412 g/mol. The van der Waals surface area contributed by atoms with Crippen molar-refractivity contribution in [2.75, 3.05) is 52.9 Å².